The molecule has 2 rings (SSSR count). The van der Waals surface area contributed by atoms with Crippen LogP contribution in [0.2, 0.25) is 0 Å². The van der Waals surface area contributed by atoms with Gasteiger partial charge in [0.1, 0.15) is 6.54 Å². The summed E-state index contributed by atoms with van der Waals surface area (Å²) >= 11 is 0. The molecule has 0 aliphatic rings. The molecule has 0 aliphatic carbocycles. The lowest BCUT2D eigenvalue weighted by Gasteiger charge is -2.20. The van der Waals surface area contributed by atoms with Gasteiger partial charge in [0.05, 0.1) is 0 Å². The van der Waals surface area contributed by atoms with E-state index in [1.54, 1.807) is 0 Å². The molecule has 0 atom stereocenters. The zero-order valence-corrected chi connectivity index (χ0v) is 11.7. The third-order valence-corrected chi connectivity index (χ3v) is 2.95. The van der Waals surface area contributed by atoms with E-state index in [0.717, 1.165) is 16.5 Å². The van der Waals surface area contributed by atoms with E-state index < -0.39 is 0 Å². The van der Waals surface area contributed by atoms with E-state index >= 15 is 0 Å². The number of carbonyl (C=O) groups excluding carboxylic acids is 1. The quantitative estimate of drug-likeness (QED) is 0.886. The maximum absolute atomic E-state index is 12.0. The van der Waals surface area contributed by atoms with Crippen LogP contribution in [0.1, 0.15) is 26.3 Å². The Morgan fingerprint density at radius 3 is 2.68 bits per heavy atom. The number of fused-ring (bicyclic) bond motifs is 1. The predicted octanol–water partition coefficient (Wildman–Crippen LogP) is 2.01. The van der Waals surface area contributed by atoms with Crippen LogP contribution in [0.15, 0.2) is 30.5 Å². The van der Waals surface area contributed by atoms with Crippen LogP contribution < -0.4 is 11.1 Å². The molecule has 1 amide bonds. The maximum atomic E-state index is 12.0. The van der Waals surface area contributed by atoms with Crippen LogP contribution in [0.5, 0.6) is 0 Å². The number of hydrogen-bond donors (Lipinski definition) is 2. The average molecular weight is 259 g/mol. The van der Waals surface area contributed by atoms with E-state index in [9.17, 15) is 4.79 Å². The number of hydrogen-bond acceptors (Lipinski definition) is 2. The third-order valence-electron chi connectivity index (χ3n) is 2.95. The van der Waals surface area contributed by atoms with Crippen molar-refractivity contribution in [3.8, 4) is 0 Å². The minimum absolute atomic E-state index is 0.0168. The van der Waals surface area contributed by atoms with Crippen molar-refractivity contribution in [2.75, 3.05) is 0 Å². The van der Waals surface area contributed by atoms with Gasteiger partial charge >= 0.3 is 0 Å². The number of benzene rings is 1. The highest BCUT2D eigenvalue weighted by atomic mass is 16.2. The van der Waals surface area contributed by atoms with Crippen LogP contribution in [0.4, 0.5) is 0 Å². The van der Waals surface area contributed by atoms with Gasteiger partial charge in [-0.1, -0.05) is 12.1 Å². The molecule has 0 bridgehead atoms. The minimum atomic E-state index is -0.206. The first kappa shape index (κ1) is 13.6. The van der Waals surface area contributed by atoms with Crippen LogP contribution in [-0.2, 0) is 17.9 Å². The molecule has 0 fully saturated rings. The van der Waals surface area contributed by atoms with Gasteiger partial charge in [-0.3, -0.25) is 4.79 Å². The van der Waals surface area contributed by atoms with Crippen molar-refractivity contribution >= 4 is 16.8 Å². The SMILES string of the molecule is CC(C)(C)NC(=O)Cn1ccc2c(CN)cccc21. The average Bonchev–Trinajstić information content (AvgIpc) is 2.70. The maximum Gasteiger partial charge on any atom is 0.240 e. The van der Waals surface area contributed by atoms with Crippen LogP contribution in [0.25, 0.3) is 10.9 Å². The number of nitrogens with zero attached hydrogens (tertiary/aromatic N) is 1. The van der Waals surface area contributed by atoms with Crippen molar-refractivity contribution in [1.82, 2.24) is 9.88 Å². The first-order valence-corrected chi connectivity index (χ1v) is 6.48. The molecule has 1 heterocycles. The highest BCUT2D eigenvalue weighted by molar-refractivity contribution is 5.86. The van der Waals surface area contributed by atoms with E-state index in [1.807, 2.05) is 55.8 Å². The molecule has 0 saturated heterocycles. The Kier molecular flexibility index (Phi) is 3.62. The standard InChI is InChI=1S/C15H21N3O/c1-15(2,3)17-14(19)10-18-8-7-12-11(9-16)5-4-6-13(12)18/h4-8H,9-10,16H2,1-3H3,(H,17,19). The largest absolute Gasteiger partial charge is 0.350 e. The summed E-state index contributed by atoms with van der Waals surface area (Å²) in [6.07, 6.45) is 1.94. The molecule has 0 aliphatic heterocycles. The van der Waals surface area contributed by atoms with Crippen molar-refractivity contribution in [2.24, 2.45) is 5.73 Å². The molecular formula is C15H21N3O. The van der Waals surface area contributed by atoms with Crippen molar-refractivity contribution in [2.45, 2.75) is 39.4 Å². The van der Waals surface area contributed by atoms with E-state index in [2.05, 4.69) is 5.32 Å². The Bertz CT molecular complexity index is 593. The Hall–Kier alpha value is -1.81. The Morgan fingerprint density at radius 2 is 2.05 bits per heavy atom. The van der Waals surface area contributed by atoms with Crippen molar-refractivity contribution in [3.05, 3.63) is 36.0 Å². The van der Waals surface area contributed by atoms with Crippen molar-refractivity contribution in [3.63, 3.8) is 0 Å². The zero-order valence-electron chi connectivity index (χ0n) is 11.7. The summed E-state index contributed by atoms with van der Waals surface area (Å²) in [5.41, 5.74) is 7.67. The smallest absolute Gasteiger partial charge is 0.240 e. The number of nitrogens with two attached hydrogens (primary N) is 1. The predicted molar refractivity (Wildman–Crippen MR) is 77.7 cm³/mol. The highest BCUT2D eigenvalue weighted by Gasteiger charge is 2.14. The summed E-state index contributed by atoms with van der Waals surface area (Å²) in [4.78, 5) is 12.0. The molecule has 0 spiro atoms. The van der Waals surface area contributed by atoms with Gasteiger partial charge in [-0.2, -0.15) is 0 Å². The van der Waals surface area contributed by atoms with Gasteiger partial charge in [-0.15, -0.1) is 0 Å². The van der Waals surface area contributed by atoms with Gasteiger partial charge in [-0.05, 0) is 38.5 Å². The fourth-order valence-corrected chi connectivity index (χ4v) is 2.22. The molecule has 3 N–H and O–H groups in total. The van der Waals surface area contributed by atoms with Crippen LogP contribution in [0.3, 0.4) is 0 Å². The fraction of sp³-hybridized carbons (Fsp3) is 0.400. The lowest BCUT2D eigenvalue weighted by molar-refractivity contribution is -0.123. The third kappa shape index (κ3) is 3.15. The fourth-order valence-electron chi connectivity index (χ4n) is 2.22. The summed E-state index contributed by atoms with van der Waals surface area (Å²) in [5.74, 6) is 0.0168. The number of nitrogens with one attached hydrogen (secondary N) is 1. The summed E-state index contributed by atoms with van der Waals surface area (Å²) in [6, 6.07) is 8.02. The van der Waals surface area contributed by atoms with Gasteiger partial charge in [0, 0.05) is 29.2 Å². The lowest BCUT2D eigenvalue weighted by Crippen LogP contribution is -2.42. The normalized spacial score (nSPS) is 11.8. The van der Waals surface area contributed by atoms with Gasteiger partial charge in [0.15, 0.2) is 0 Å². The summed E-state index contributed by atoms with van der Waals surface area (Å²) in [7, 11) is 0. The monoisotopic (exact) mass is 259 g/mol. The van der Waals surface area contributed by atoms with Gasteiger partial charge < -0.3 is 15.6 Å². The molecule has 1 aromatic carbocycles. The second-order valence-electron chi connectivity index (χ2n) is 5.80. The van der Waals surface area contributed by atoms with Crippen LogP contribution in [-0.4, -0.2) is 16.0 Å². The van der Waals surface area contributed by atoms with E-state index in [4.69, 9.17) is 5.73 Å². The van der Waals surface area contributed by atoms with Crippen molar-refractivity contribution < 1.29 is 4.79 Å². The summed E-state index contributed by atoms with van der Waals surface area (Å²) in [6.45, 7) is 6.77. The Morgan fingerprint density at radius 1 is 1.32 bits per heavy atom. The molecule has 0 unspecified atom stereocenters. The van der Waals surface area contributed by atoms with Crippen LogP contribution >= 0.6 is 0 Å². The second-order valence-corrected chi connectivity index (χ2v) is 5.80. The van der Waals surface area contributed by atoms with E-state index in [0.29, 0.717) is 13.1 Å². The molecule has 0 saturated carbocycles. The second kappa shape index (κ2) is 5.05. The molecule has 4 nitrogen and oxygen atoms in total. The molecule has 102 valence electrons. The summed E-state index contributed by atoms with van der Waals surface area (Å²) < 4.78 is 1.95. The van der Waals surface area contributed by atoms with Crippen LogP contribution in [0, 0.1) is 0 Å². The summed E-state index contributed by atoms with van der Waals surface area (Å²) in [5, 5.41) is 4.09. The number of rotatable bonds is 3. The minimum Gasteiger partial charge on any atom is -0.350 e. The molecule has 1 aromatic heterocycles. The number of carbonyl (C=O) groups is 1. The number of aromatic nitrogens is 1. The molecule has 19 heavy (non-hydrogen) atoms. The first-order chi connectivity index (χ1) is 8.90. The van der Waals surface area contributed by atoms with Crippen molar-refractivity contribution in [1.29, 1.82) is 0 Å². The Balaban J connectivity index is 2.25. The first-order valence-electron chi connectivity index (χ1n) is 6.48. The van der Waals surface area contributed by atoms with E-state index in [-0.39, 0.29) is 11.4 Å². The van der Waals surface area contributed by atoms with Gasteiger partial charge in [0.2, 0.25) is 5.91 Å². The zero-order chi connectivity index (χ0) is 14.0. The highest BCUT2D eigenvalue weighted by Crippen LogP contribution is 2.20. The molecule has 2 aromatic rings. The van der Waals surface area contributed by atoms with Gasteiger partial charge in [0.25, 0.3) is 0 Å². The van der Waals surface area contributed by atoms with E-state index in [1.165, 1.54) is 0 Å². The lowest BCUT2D eigenvalue weighted by atomic mass is 10.1. The topological polar surface area (TPSA) is 60.0 Å². The molecular weight excluding hydrogens is 238 g/mol. The Labute approximate surface area is 113 Å². The molecule has 4 heteroatoms. The van der Waals surface area contributed by atoms with Gasteiger partial charge in [-0.25, -0.2) is 0 Å². The number of amides is 1. The molecule has 0 radical (unpaired) electrons.